The van der Waals surface area contributed by atoms with Gasteiger partial charge in [-0.25, -0.2) is 4.79 Å². The summed E-state index contributed by atoms with van der Waals surface area (Å²) in [6, 6.07) is 7.06. The van der Waals surface area contributed by atoms with E-state index in [4.69, 9.17) is 4.74 Å². The Labute approximate surface area is 103 Å². The van der Waals surface area contributed by atoms with Crippen molar-refractivity contribution in [1.82, 2.24) is 9.55 Å². The minimum atomic E-state index is -0.342. The molecule has 5 nitrogen and oxygen atoms in total. The molecule has 1 aromatic carbocycles. The van der Waals surface area contributed by atoms with Gasteiger partial charge in [-0.05, 0) is 18.6 Å². The highest BCUT2D eigenvalue weighted by molar-refractivity contribution is 5.76. The van der Waals surface area contributed by atoms with Crippen LogP contribution in [0.4, 0.5) is 0 Å². The van der Waals surface area contributed by atoms with Gasteiger partial charge in [-0.1, -0.05) is 12.1 Å². The molecule has 1 aromatic heterocycles. The lowest BCUT2D eigenvalue weighted by atomic mass is 10.1. The number of hydrogen-bond donors (Lipinski definition) is 1. The molecule has 1 atom stereocenters. The Morgan fingerprint density at radius 1 is 1.33 bits per heavy atom. The molecule has 0 spiro atoms. The molecule has 0 saturated carbocycles. The van der Waals surface area contributed by atoms with Crippen LogP contribution in [-0.4, -0.2) is 22.8 Å². The first-order chi connectivity index (χ1) is 8.75. The van der Waals surface area contributed by atoms with Crippen LogP contribution in [0.25, 0.3) is 10.9 Å². The maximum Gasteiger partial charge on any atom is 0.328 e. The first-order valence-corrected chi connectivity index (χ1v) is 6.05. The van der Waals surface area contributed by atoms with Gasteiger partial charge in [0.15, 0.2) is 0 Å². The van der Waals surface area contributed by atoms with Crippen molar-refractivity contribution in [3.63, 3.8) is 0 Å². The van der Waals surface area contributed by atoms with Crippen LogP contribution in [0, 0.1) is 5.92 Å². The molecule has 5 heteroatoms. The average molecular weight is 246 g/mol. The summed E-state index contributed by atoms with van der Waals surface area (Å²) in [5.41, 5.74) is 0.0262. The summed E-state index contributed by atoms with van der Waals surface area (Å²) in [6.07, 6.45) is 0.901. The van der Waals surface area contributed by atoms with E-state index < -0.39 is 0 Å². The van der Waals surface area contributed by atoms with Crippen LogP contribution in [-0.2, 0) is 11.3 Å². The Bertz CT molecular complexity index is 680. The van der Waals surface area contributed by atoms with Gasteiger partial charge in [0.05, 0.1) is 17.5 Å². The van der Waals surface area contributed by atoms with Crippen molar-refractivity contribution in [3.05, 3.63) is 45.1 Å². The van der Waals surface area contributed by atoms with E-state index in [1.165, 1.54) is 4.57 Å². The van der Waals surface area contributed by atoms with Crippen molar-refractivity contribution in [2.75, 3.05) is 13.2 Å². The number of aromatic nitrogens is 2. The Hall–Kier alpha value is -1.88. The van der Waals surface area contributed by atoms with Gasteiger partial charge >= 0.3 is 5.69 Å². The number of fused-ring (bicyclic) bond motifs is 1. The fourth-order valence-corrected chi connectivity index (χ4v) is 2.35. The first kappa shape index (κ1) is 11.2. The van der Waals surface area contributed by atoms with Crippen LogP contribution >= 0.6 is 0 Å². The second-order valence-electron chi connectivity index (χ2n) is 4.62. The number of hydrogen-bond acceptors (Lipinski definition) is 3. The number of ether oxygens (including phenoxy) is 1. The van der Waals surface area contributed by atoms with Crippen LogP contribution < -0.4 is 11.2 Å². The lowest BCUT2D eigenvalue weighted by Gasteiger charge is -2.10. The van der Waals surface area contributed by atoms with Crippen molar-refractivity contribution < 1.29 is 4.74 Å². The molecule has 2 aromatic rings. The predicted molar refractivity (Wildman–Crippen MR) is 67.8 cm³/mol. The lowest BCUT2D eigenvalue weighted by molar-refractivity contribution is 0.182. The van der Waals surface area contributed by atoms with Crippen LogP contribution in [0.2, 0.25) is 0 Å². The van der Waals surface area contributed by atoms with E-state index >= 15 is 0 Å². The molecule has 1 N–H and O–H groups in total. The third kappa shape index (κ3) is 1.86. The van der Waals surface area contributed by atoms with Gasteiger partial charge in [0, 0.05) is 19.1 Å². The van der Waals surface area contributed by atoms with Crippen LogP contribution in [0.3, 0.4) is 0 Å². The predicted octanol–water partition coefficient (Wildman–Crippen LogP) is 0.726. The zero-order valence-electron chi connectivity index (χ0n) is 9.89. The normalized spacial score (nSPS) is 19.4. The molecule has 0 radical (unpaired) electrons. The zero-order valence-corrected chi connectivity index (χ0v) is 9.89. The maximum atomic E-state index is 12.2. The van der Waals surface area contributed by atoms with E-state index in [9.17, 15) is 9.59 Å². The molecule has 1 aliphatic rings. The summed E-state index contributed by atoms with van der Waals surface area (Å²) in [7, 11) is 0. The average Bonchev–Trinajstić information content (AvgIpc) is 2.87. The second kappa shape index (κ2) is 4.42. The van der Waals surface area contributed by atoms with Crippen molar-refractivity contribution in [3.8, 4) is 0 Å². The van der Waals surface area contributed by atoms with Gasteiger partial charge in [0.1, 0.15) is 0 Å². The minimum Gasteiger partial charge on any atom is -0.381 e. The first-order valence-electron chi connectivity index (χ1n) is 6.05. The summed E-state index contributed by atoms with van der Waals surface area (Å²) in [6.45, 7) is 1.77. The molecule has 0 aliphatic carbocycles. The van der Waals surface area contributed by atoms with Gasteiger partial charge in [0.2, 0.25) is 0 Å². The third-order valence-electron chi connectivity index (χ3n) is 3.35. The highest BCUT2D eigenvalue weighted by Gasteiger charge is 2.18. The van der Waals surface area contributed by atoms with Gasteiger partial charge in [0.25, 0.3) is 5.56 Å². The highest BCUT2D eigenvalue weighted by atomic mass is 16.5. The SMILES string of the molecule is O=c1[nH]c2ccccc2c(=O)n1C[C@@H]1CCOC1. The molecule has 18 heavy (non-hydrogen) atoms. The Morgan fingerprint density at radius 3 is 2.94 bits per heavy atom. The quantitative estimate of drug-likeness (QED) is 0.849. The van der Waals surface area contributed by atoms with Crippen LogP contribution in [0.15, 0.2) is 33.9 Å². The summed E-state index contributed by atoms with van der Waals surface area (Å²) in [5.74, 6) is 0.255. The molecule has 3 rings (SSSR count). The number of nitrogens with zero attached hydrogens (tertiary/aromatic N) is 1. The van der Waals surface area contributed by atoms with Gasteiger partial charge in [-0.3, -0.25) is 9.36 Å². The van der Waals surface area contributed by atoms with E-state index in [2.05, 4.69) is 4.98 Å². The number of para-hydroxylation sites is 1. The Kier molecular flexibility index (Phi) is 2.76. The second-order valence-corrected chi connectivity index (χ2v) is 4.62. The number of benzene rings is 1. The van der Waals surface area contributed by atoms with Gasteiger partial charge in [-0.15, -0.1) is 0 Å². The molecule has 1 fully saturated rings. The molecular weight excluding hydrogens is 232 g/mol. The molecule has 1 aliphatic heterocycles. The van der Waals surface area contributed by atoms with Gasteiger partial charge < -0.3 is 9.72 Å². The van der Waals surface area contributed by atoms with Crippen LogP contribution in [0.1, 0.15) is 6.42 Å². The number of H-pyrrole nitrogens is 1. The summed E-state index contributed by atoms with van der Waals surface area (Å²) in [4.78, 5) is 26.9. The molecule has 0 bridgehead atoms. The Balaban J connectivity index is 2.11. The monoisotopic (exact) mass is 246 g/mol. The zero-order chi connectivity index (χ0) is 12.5. The number of rotatable bonds is 2. The number of nitrogens with one attached hydrogen (secondary N) is 1. The fourth-order valence-electron chi connectivity index (χ4n) is 2.35. The fraction of sp³-hybridized carbons (Fsp3) is 0.385. The largest absolute Gasteiger partial charge is 0.381 e. The van der Waals surface area contributed by atoms with E-state index in [1.54, 1.807) is 24.3 Å². The van der Waals surface area contributed by atoms with Crippen LogP contribution in [0.5, 0.6) is 0 Å². The van der Waals surface area contributed by atoms with E-state index in [0.29, 0.717) is 30.7 Å². The van der Waals surface area contributed by atoms with Gasteiger partial charge in [-0.2, -0.15) is 0 Å². The van der Waals surface area contributed by atoms with Crippen molar-refractivity contribution in [2.45, 2.75) is 13.0 Å². The molecular formula is C13H14N2O3. The molecule has 2 heterocycles. The van der Waals surface area contributed by atoms with Crippen molar-refractivity contribution >= 4 is 10.9 Å². The summed E-state index contributed by atoms with van der Waals surface area (Å²) in [5, 5.41) is 0.552. The lowest BCUT2D eigenvalue weighted by Crippen LogP contribution is -2.37. The third-order valence-corrected chi connectivity index (χ3v) is 3.35. The van der Waals surface area contributed by atoms with Crippen molar-refractivity contribution in [2.24, 2.45) is 5.92 Å². The maximum absolute atomic E-state index is 12.2. The molecule has 0 unspecified atom stereocenters. The highest BCUT2D eigenvalue weighted by Crippen LogP contribution is 2.13. The molecule has 1 saturated heterocycles. The summed E-state index contributed by atoms with van der Waals surface area (Å²) >= 11 is 0. The van der Waals surface area contributed by atoms with E-state index in [-0.39, 0.29) is 17.2 Å². The Morgan fingerprint density at radius 2 is 2.17 bits per heavy atom. The summed E-state index contributed by atoms with van der Waals surface area (Å²) < 4.78 is 6.55. The molecule has 94 valence electrons. The van der Waals surface area contributed by atoms with Crippen molar-refractivity contribution in [1.29, 1.82) is 0 Å². The van der Waals surface area contributed by atoms with E-state index in [0.717, 1.165) is 6.42 Å². The minimum absolute atomic E-state index is 0.221. The topological polar surface area (TPSA) is 64.1 Å². The molecule has 0 amide bonds. The number of aromatic amines is 1. The smallest absolute Gasteiger partial charge is 0.328 e. The standard InChI is InChI=1S/C13H14N2O3/c16-12-10-3-1-2-4-11(10)14-13(17)15(12)7-9-5-6-18-8-9/h1-4,9H,5-8H2,(H,14,17)/t9-/m0/s1. The van der Waals surface area contributed by atoms with E-state index in [1.807, 2.05) is 0 Å².